The van der Waals surface area contributed by atoms with E-state index >= 15 is 0 Å². The zero-order valence-electron chi connectivity index (χ0n) is 10.0. The zero-order valence-corrected chi connectivity index (χ0v) is 10.0. The third-order valence-corrected chi connectivity index (χ3v) is 2.97. The van der Waals surface area contributed by atoms with Crippen LogP contribution in [0.1, 0.15) is 12.5 Å². The molecule has 2 heterocycles. The van der Waals surface area contributed by atoms with Gasteiger partial charge in [0.25, 0.3) is 0 Å². The summed E-state index contributed by atoms with van der Waals surface area (Å²) in [4.78, 5) is 0. The van der Waals surface area contributed by atoms with Crippen molar-refractivity contribution < 1.29 is 4.74 Å². The second-order valence-corrected chi connectivity index (χ2v) is 4.10. The molecule has 1 N–H and O–H groups in total. The van der Waals surface area contributed by atoms with Crippen LogP contribution in [-0.2, 0) is 6.42 Å². The van der Waals surface area contributed by atoms with Crippen molar-refractivity contribution >= 4 is 5.52 Å². The summed E-state index contributed by atoms with van der Waals surface area (Å²) in [6.45, 7) is 2.19. The van der Waals surface area contributed by atoms with Gasteiger partial charge < -0.3 is 14.5 Å². The number of nitrogens with one attached hydrogen (secondary N) is 1. The first-order valence-corrected chi connectivity index (χ1v) is 5.55. The molecule has 86 valence electrons. The molecular formula is C13H18N2O. The predicted molar refractivity (Wildman–Crippen MR) is 66.2 cm³/mol. The molecule has 1 atom stereocenters. The summed E-state index contributed by atoms with van der Waals surface area (Å²) in [5.74, 6) is 0.885. The van der Waals surface area contributed by atoms with Crippen LogP contribution in [0.15, 0.2) is 30.6 Å². The van der Waals surface area contributed by atoms with Crippen molar-refractivity contribution in [1.29, 1.82) is 0 Å². The SMILES string of the molecule is CNC(C)Cc1ccn2cc(OC)ccc12. The van der Waals surface area contributed by atoms with Gasteiger partial charge in [-0.25, -0.2) is 0 Å². The van der Waals surface area contributed by atoms with Crippen LogP contribution in [0.3, 0.4) is 0 Å². The molecule has 0 saturated heterocycles. The van der Waals surface area contributed by atoms with Gasteiger partial charge in [0.15, 0.2) is 0 Å². The van der Waals surface area contributed by atoms with Crippen molar-refractivity contribution in [2.24, 2.45) is 0 Å². The van der Waals surface area contributed by atoms with E-state index in [-0.39, 0.29) is 0 Å². The van der Waals surface area contributed by atoms with Gasteiger partial charge in [0.1, 0.15) is 5.75 Å². The number of fused-ring (bicyclic) bond motifs is 1. The van der Waals surface area contributed by atoms with E-state index in [1.165, 1.54) is 11.1 Å². The first-order valence-electron chi connectivity index (χ1n) is 5.55. The number of likely N-dealkylation sites (N-methyl/N-ethyl adjacent to an activating group) is 1. The summed E-state index contributed by atoms with van der Waals surface area (Å²) >= 11 is 0. The highest BCUT2D eigenvalue weighted by molar-refractivity contribution is 5.57. The lowest BCUT2D eigenvalue weighted by Crippen LogP contribution is -2.23. The van der Waals surface area contributed by atoms with Gasteiger partial charge in [-0.2, -0.15) is 0 Å². The molecule has 0 aromatic carbocycles. The van der Waals surface area contributed by atoms with E-state index in [1.807, 2.05) is 19.3 Å². The highest BCUT2D eigenvalue weighted by Gasteiger charge is 2.06. The molecule has 0 aliphatic rings. The van der Waals surface area contributed by atoms with E-state index in [2.05, 4.69) is 35.0 Å². The number of hydrogen-bond donors (Lipinski definition) is 1. The first-order chi connectivity index (χ1) is 7.74. The predicted octanol–water partition coefficient (Wildman–Crippen LogP) is 2.10. The van der Waals surface area contributed by atoms with Gasteiger partial charge in [-0.05, 0) is 44.2 Å². The maximum Gasteiger partial charge on any atom is 0.135 e. The molecule has 2 aromatic heterocycles. The van der Waals surface area contributed by atoms with E-state index in [1.54, 1.807) is 7.11 Å². The molecule has 0 amide bonds. The van der Waals surface area contributed by atoms with Gasteiger partial charge in [0.05, 0.1) is 13.3 Å². The minimum Gasteiger partial charge on any atom is -0.495 e. The lowest BCUT2D eigenvalue weighted by Gasteiger charge is -2.09. The van der Waals surface area contributed by atoms with E-state index in [0.717, 1.165) is 12.2 Å². The molecule has 16 heavy (non-hydrogen) atoms. The van der Waals surface area contributed by atoms with Crippen LogP contribution in [0, 0.1) is 0 Å². The number of aromatic nitrogens is 1. The molecule has 0 radical (unpaired) electrons. The molecule has 3 nitrogen and oxygen atoms in total. The van der Waals surface area contributed by atoms with Gasteiger partial charge in [0, 0.05) is 17.8 Å². The third-order valence-electron chi connectivity index (χ3n) is 2.97. The first kappa shape index (κ1) is 11.0. The Hall–Kier alpha value is -1.48. The van der Waals surface area contributed by atoms with Crippen molar-refractivity contribution in [3.8, 4) is 5.75 Å². The fraction of sp³-hybridized carbons (Fsp3) is 0.385. The van der Waals surface area contributed by atoms with Crippen LogP contribution in [0.2, 0.25) is 0 Å². The van der Waals surface area contributed by atoms with Crippen LogP contribution in [0.25, 0.3) is 5.52 Å². The molecule has 2 aromatic rings. The Balaban J connectivity index is 2.34. The smallest absolute Gasteiger partial charge is 0.135 e. The molecule has 0 bridgehead atoms. The maximum absolute atomic E-state index is 5.20. The molecular weight excluding hydrogens is 200 g/mol. The Labute approximate surface area is 96.0 Å². The lowest BCUT2D eigenvalue weighted by molar-refractivity contribution is 0.412. The number of nitrogens with zero attached hydrogens (tertiary/aromatic N) is 1. The van der Waals surface area contributed by atoms with Crippen LogP contribution < -0.4 is 10.1 Å². The summed E-state index contributed by atoms with van der Waals surface area (Å²) in [5.41, 5.74) is 2.62. The van der Waals surface area contributed by atoms with Crippen molar-refractivity contribution in [2.75, 3.05) is 14.2 Å². The maximum atomic E-state index is 5.20. The molecule has 2 rings (SSSR count). The second-order valence-electron chi connectivity index (χ2n) is 4.10. The van der Waals surface area contributed by atoms with Gasteiger partial charge in [-0.1, -0.05) is 0 Å². The fourth-order valence-corrected chi connectivity index (χ4v) is 1.87. The molecule has 3 heteroatoms. The minimum absolute atomic E-state index is 0.494. The summed E-state index contributed by atoms with van der Waals surface area (Å²) in [5, 5.41) is 3.26. The quantitative estimate of drug-likeness (QED) is 0.850. The Morgan fingerprint density at radius 3 is 2.88 bits per heavy atom. The number of ether oxygens (including phenoxy) is 1. The Morgan fingerprint density at radius 2 is 2.19 bits per heavy atom. The van der Waals surface area contributed by atoms with Crippen molar-refractivity contribution in [3.05, 3.63) is 36.2 Å². The minimum atomic E-state index is 0.494. The normalized spacial score (nSPS) is 12.9. The molecule has 0 aliphatic heterocycles. The van der Waals surface area contributed by atoms with E-state index in [4.69, 9.17) is 4.74 Å². The monoisotopic (exact) mass is 218 g/mol. The molecule has 0 aliphatic carbocycles. The number of methoxy groups -OCH3 is 1. The molecule has 0 spiro atoms. The molecule has 0 saturated carbocycles. The Morgan fingerprint density at radius 1 is 1.38 bits per heavy atom. The highest BCUT2D eigenvalue weighted by Crippen LogP contribution is 2.18. The average molecular weight is 218 g/mol. The van der Waals surface area contributed by atoms with Gasteiger partial charge >= 0.3 is 0 Å². The van der Waals surface area contributed by atoms with Crippen LogP contribution >= 0.6 is 0 Å². The molecule has 0 fully saturated rings. The van der Waals surface area contributed by atoms with E-state index in [9.17, 15) is 0 Å². The zero-order chi connectivity index (χ0) is 11.5. The van der Waals surface area contributed by atoms with E-state index < -0.39 is 0 Å². The van der Waals surface area contributed by atoms with Crippen molar-refractivity contribution in [2.45, 2.75) is 19.4 Å². The second kappa shape index (κ2) is 4.58. The number of rotatable bonds is 4. The summed E-state index contributed by atoms with van der Waals surface area (Å²) in [6.07, 6.45) is 5.12. The highest BCUT2D eigenvalue weighted by atomic mass is 16.5. The Kier molecular flexibility index (Phi) is 3.15. The Bertz CT molecular complexity index is 476. The largest absolute Gasteiger partial charge is 0.495 e. The summed E-state index contributed by atoms with van der Waals surface area (Å²) in [7, 11) is 3.68. The average Bonchev–Trinajstić information content (AvgIpc) is 2.71. The molecule has 1 unspecified atom stereocenters. The lowest BCUT2D eigenvalue weighted by atomic mass is 10.1. The fourth-order valence-electron chi connectivity index (χ4n) is 1.87. The van der Waals surface area contributed by atoms with Crippen molar-refractivity contribution in [1.82, 2.24) is 9.72 Å². The van der Waals surface area contributed by atoms with Gasteiger partial charge in [-0.15, -0.1) is 0 Å². The van der Waals surface area contributed by atoms with E-state index in [0.29, 0.717) is 6.04 Å². The van der Waals surface area contributed by atoms with Gasteiger partial charge in [0.2, 0.25) is 0 Å². The van der Waals surface area contributed by atoms with Crippen LogP contribution in [0.5, 0.6) is 5.75 Å². The van der Waals surface area contributed by atoms with Crippen LogP contribution in [-0.4, -0.2) is 24.6 Å². The third kappa shape index (κ3) is 2.04. The number of pyridine rings is 1. The van der Waals surface area contributed by atoms with Crippen LogP contribution in [0.4, 0.5) is 0 Å². The standard InChI is InChI=1S/C13H18N2O/c1-10(14-2)8-11-6-7-15-9-12(16-3)4-5-13(11)15/h4-7,9-10,14H,8H2,1-3H3. The topological polar surface area (TPSA) is 25.7 Å². The van der Waals surface area contributed by atoms with Crippen molar-refractivity contribution in [3.63, 3.8) is 0 Å². The number of hydrogen-bond acceptors (Lipinski definition) is 2. The van der Waals surface area contributed by atoms with Gasteiger partial charge in [-0.3, -0.25) is 0 Å². The summed E-state index contributed by atoms with van der Waals surface area (Å²) in [6, 6.07) is 6.77. The summed E-state index contributed by atoms with van der Waals surface area (Å²) < 4.78 is 7.31.